The summed E-state index contributed by atoms with van der Waals surface area (Å²) in [6.45, 7) is 8.34. The maximum absolute atomic E-state index is 12.1. The molecule has 2 aliphatic heterocycles. The molecular weight excluding hydrogens is 372 g/mol. The normalized spacial score (nSPS) is 14.4. The lowest BCUT2D eigenvalue weighted by Crippen LogP contribution is -2.38. The second-order valence-corrected chi connectivity index (χ2v) is 8.50. The molecule has 0 aromatic rings. The number of esters is 1. The van der Waals surface area contributed by atoms with Crippen LogP contribution in [0.2, 0.25) is 0 Å². The summed E-state index contributed by atoms with van der Waals surface area (Å²) < 4.78 is 18.1. The second-order valence-electron chi connectivity index (χ2n) is 8.50. The summed E-state index contributed by atoms with van der Waals surface area (Å²) in [6, 6.07) is 3.89. The van der Waals surface area contributed by atoms with Crippen molar-refractivity contribution in [1.29, 1.82) is 0 Å². The van der Waals surface area contributed by atoms with Gasteiger partial charge in [0.1, 0.15) is 11.4 Å². The first kappa shape index (κ1) is 21.0. The zero-order chi connectivity index (χ0) is 21.2. The lowest BCUT2D eigenvalue weighted by molar-refractivity contribution is -0.142. The van der Waals surface area contributed by atoms with Gasteiger partial charge in [-0.1, -0.05) is 0 Å². The van der Waals surface area contributed by atoms with Crippen LogP contribution in [0.3, 0.4) is 0 Å². The fourth-order valence-corrected chi connectivity index (χ4v) is 3.77. The molecule has 1 amide bonds. The third-order valence-corrected chi connectivity index (χ3v) is 4.89. The van der Waals surface area contributed by atoms with Crippen LogP contribution in [0.1, 0.15) is 45.4 Å². The summed E-state index contributed by atoms with van der Waals surface area (Å²) >= 11 is 0. The SMILES string of the molecule is COC(=O)COc1cc(CC(C)NC(=O)OC(C)(C)C)c2c3n(ccc1-2)CCC3. The minimum absolute atomic E-state index is 0.119. The molecule has 158 valence electrons. The minimum Gasteiger partial charge on any atom is -0.481 e. The summed E-state index contributed by atoms with van der Waals surface area (Å²) in [5.74, 6) is 0.247. The minimum atomic E-state index is -0.539. The van der Waals surface area contributed by atoms with E-state index in [0.717, 1.165) is 36.1 Å². The van der Waals surface area contributed by atoms with Gasteiger partial charge in [0, 0.05) is 35.6 Å². The number of aryl methyl sites for hydroxylation is 1. The van der Waals surface area contributed by atoms with Gasteiger partial charge in [-0.15, -0.1) is 0 Å². The molecule has 0 fully saturated rings. The summed E-state index contributed by atoms with van der Waals surface area (Å²) in [5, 5.41) is 2.90. The average Bonchev–Trinajstić information content (AvgIpc) is 3.22. The van der Waals surface area contributed by atoms with Gasteiger partial charge in [-0.05, 0) is 64.7 Å². The molecule has 0 saturated heterocycles. The molecule has 0 aromatic carbocycles. The summed E-state index contributed by atoms with van der Waals surface area (Å²) in [4.78, 5) is 23.6. The van der Waals surface area contributed by atoms with Gasteiger partial charge in [-0.3, -0.25) is 0 Å². The van der Waals surface area contributed by atoms with Crippen LogP contribution in [-0.4, -0.2) is 42.0 Å². The third kappa shape index (κ3) is 5.02. The van der Waals surface area contributed by atoms with E-state index in [1.165, 1.54) is 12.8 Å². The van der Waals surface area contributed by atoms with Gasteiger partial charge in [-0.25, -0.2) is 9.59 Å². The van der Waals surface area contributed by atoms with Gasteiger partial charge in [0.05, 0.1) is 7.11 Å². The number of pyridine rings is 1. The summed E-state index contributed by atoms with van der Waals surface area (Å²) in [5.41, 5.74) is 3.97. The molecule has 1 N–H and O–H groups in total. The predicted molar refractivity (Wildman–Crippen MR) is 109 cm³/mol. The van der Waals surface area contributed by atoms with Crippen LogP contribution in [0.5, 0.6) is 5.75 Å². The predicted octanol–water partition coefficient (Wildman–Crippen LogP) is 3.55. The summed E-state index contributed by atoms with van der Waals surface area (Å²) in [7, 11) is 1.34. The maximum atomic E-state index is 12.1. The number of rotatable bonds is 6. The molecule has 3 rings (SSSR count). The van der Waals surface area contributed by atoms with E-state index in [2.05, 4.69) is 20.8 Å². The molecule has 0 spiro atoms. The van der Waals surface area contributed by atoms with Crippen LogP contribution < -0.4 is 10.1 Å². The zero-order valence-electron chi connectivity index (χ0n) is 17.8. The van der Waals surface area contributed by atoms with Gasteiger partial charge in [0.2, 0.25) is 0 Å². The number of ether oxygens (including phenoxy) is 3. The Morgan fingerprint density at radius 3 is 2.76 bits per heavy atom. The number of fused-ring (bicyclic) bond motifs is 3. The van der Waals surface area contributed by atoms with Crippen molar-refractivity contribution < 1.29 is 23.8 Å². The van der Waals surface area contributed by atoms with Gasteiger partial charge in [0.15, 0.2) is 6.61 Å². The fraction of sp³-hybridized carbons (Fsp3) is 0.545. The Balaban J connectivity index is 1.83. The fourth-order valence-electron chi connectivity index (χ4n) is 3.77. The highest BCUT2D eigenvalue weighted by Crippen LogP contribution is 2.42. The van der Waals surface area contributed by atoms with Gasteiger partial charge < -0.3 is 24.1 Å². The zero-order valence-corrected chi connectivity index (χ0v) is 17.8. The molecule has 3 aliphatic rings. The van der Waals surface area contributed by atoms with Crippen LogP contribution in [0.4, 0.5) is 4.79 Å². The molecular formula is C22H30N2O5. The lowest BCUT2D eigenvalue weighted by Gasteiger charge is -2.22. The number of amides is 1. The molecule has 1 unspecified atom stereocenters. The molecule has 2 heterocycles. The maximum Gasteiger partial charge on any atom is 0.407 e. The van der Waals surface area contributed by atoms with Crippen molar-refractivity contribution in [2.24, 2.45) is 0 Å². The number of hydrogen-bond acceptors (Lipinski definition) is 5. The largest absolute Gasteiger partial charge is 0.481 e. The van der Waals surface area contributed by atoms with E-state index in [-0.39, 0.29) is 12.6 Å². The number of alkyl carbamates (subject to hydrolysis) is 1. The highest BCUT2D eigenvalue weighted by molar-refractivity contribution is 5.81. The van der Waals surface area contributed by atoms with E-state index in [1.807, 2.05) is 39.8 Å². The van der Waals surface area contributed by atoms with Gasteiger partial charge in [0.25, 0.3) is 0 Å². The van der Waals surface area contributed by atoms with E-state index >= 15 is 0 Å². The summed E-state index contributed by atoms with van der Waals surface area (Å²) in [6.07, 6.45) is 4.38. The standard InChI is InChI=1S/C22H30N2O5/c1-14(23-21(26)29-22(2,3)4)11-15-12-18(28-13-19(25)27-5)16-8-10-24-9-6-7-17(24)20(15)16/h8,10,12,14H,6-7,9,11,13H2,1-5H3,(H,23,26). The first-order chi connectivity index (χ1) is 13.7. The van der Waals surface area contributed by atoms with Crippen molar-refractivity contribution in [3.05, 3.63) is 29.6 Å². The number of hydrogen-bond donors (Lipinski definition) is 1. The highest BCUT2D eigenvalue weighted by Gasteiger charge is 2.26. The Morgan fingerprint density at radius 1 is 1.31 bits per heavy atom. The van der Waals surface area contributed by atoms with E-state index in [9.17, 15) is 9.59 Å². The molecule has 1 atom stereocenters. The molecule has 29 heavy (non-hydrogen) atoms. The van der Waals surface area contributed by atoms with E-state index in [4.69, 9.17) is 9.47 Å². The number of nitrogens with one attached hydrogen (secondary N) is 1. The van der Waals surface area contributed by atoms with Crippen LogP contribution in [-0.2, 0) is 33.7 Å². The van der Waals surface area contributed by atoms with Crippen LogP contribution >= 0.6 is 0 Å². The molecule has 7 heteroatoms. The molecule has 0 aromatic heterocycles. The first-order valence-corrected chi connectivity index (χ1v) is 10.0. The van der Waals surface area contributed by atoms with Crippen LogP contribution in [0.15, 0.2) is 18.3 Å². The second kappa shape index (κ2) is 8.35. The van der Waals surface area contributed by atoms with Gasteiger partial charge in [-0.2, -0.15) is 0 Å². The molecule has 7 nitrogen and oxygen atoms in total. The quantitative estimate of drug-likeness (QED) is 0.748. The Labute approximate surface area is 171 Å². The first-order valence-electron chi connectivity index (χ1n) is 10.0. The Hall–Kier alpha value is -2.70. The number of nitrogens with zero attached hydrogens (tertiary/aromatic N) is 1. The smallest absolute Gasteiger partial charge is 0.407 e. The Morgan fingerprint density at radius 2 is 2.07 bits per heavy atom. The van der Waals surface area contributed by atoms with E-state index in [0.29, 0.717) is 12.2 Å². The Kier molecular flexibility index (Phi) is 6.05. The van der Waals surface area contributed by atoms with Crippen molar-refractivity contribution in [1.82, 2.24) is 9.88 Å². The monoisotopic (exact) mass is 402 g/mol. The Bertz CT molecular complexity index is 865. The highest BCUT2D eigenvalue weighted by atomic mass is 16.6. The molecule has 1 aliphatic carbocycles. The third-order valence-electron chi connectivity index (χ3n) is 4.89. The van der Waals surface area contributed by atoms with E-state index in [1.54, 1.807) is 0 Å². The van der Waals surface area contributed by atoms with Crippen molar-refractivity contribution in [2.45, 2.75) is 65.1 Å². The number of aromatic nitrogens is 1. The van der Waals surface area contributed by atoms with Gasteiger partial charge >= 0.3 is 12.1 Å². The van der Waals surface area contributed by atoms with Crippen LogP contribution in [0, 0.1) is 0 Å². The number of carbonyl (C=O) groups is 2. The van der Waals surface area contributed by atoms with Crippen molar-refractivity contribution in [2.75, 3.05) is 13.7 Å². The van der Waals surface area contributed by atoms with Crippen LogP contribution in [0.25, 0.3) is 11.1 Å². The number of methoxy groups -OCH3 is 1. The number of carbonyl (C=O) groups excluding carboxylic acids is 2. The van der Waals surface area contributed by atoms with E-state index < -0.39 is 17.7 Å². The van der Waals surface area contributed by atoms with Crippen molar-refractivity contribution >= 4 is 12.1 Å². The molecule has 0 radical (unpaired) electrons. The lowest BCUT2D eigenvalue weighted by atomic mass is 9.99. The van der Waals surface area contributed by atoms with Crippen molar-refractivity contribution in [3.8, 4) is 16.9 Å². The average molecular weight is 402 g/mol. The topological polar surface area (TPSA) is 78.8 Å². The molecule has 0 saturated carbocycles. The van der Waals surface area contributed by atoms with Crippen molar-refractivity contribution in [3.63, 3.8) is 0 Å². The molecule has 0 bridgehead atoms.